The summed E-state index contributed by atoms with van der Waals surface area (Å²) in [5.41, 5.74) is 0. The largest absolute Gasteiger partial charge is 0.193 e. The lowest BCUT2D eigenvalue weighted by Crippen LogP contribution is -1.63. The van der Waals surface area contributed by atoms with Crippen LogP contribution in [0, 0.1) is 11.3 Å². The van der Waals surface area contributed by atoms with Crippen LogP contribution in [0.5, 0.6) is 0 Å². The molecule has 0 spiro atoms. The predicted molar refractivity (Wildman–Crippen MR) is 43.8 cm³/mol. The van der Waals surface area contributed by atoms with Gasteiger partial charge in [-0.1, -0.05) is 17.7 Å². The van der Waals surface area contributed by atoms with Crippen LogP contribution < -0.4 is 0 Å². The fourth-order valence-corrected chi connectivity index (χ4v) is 1.42. The van der Waals surface area contributed by atoms with Crippen molar-refractivity contribution in [3.63, 3.8) is 0 Å². The molecule has 1 nitrogen and oxygen atoms in total. The van der Waals surface area contributed by atoms with E-state index in [1.54, 1.807) is 0 Å². The molecule has 0 aliphatic heterocycles. The van der Waals surface area contributed by atoms with Gasteiger partial charge in [-0.25, -0.2) is 0 Å². The third kappa shape index (κ3) is 1.60. The molecule has 0 atom stereocenters. The molecular weight excluding hydrogens is 166 g/mol. The van der Waals surface area contributed by atoms with Gasteiger partial charge in [0.25, 0.3) is 0 Å². The highest BCUT2D eigenvalue weighted by Crippen LogP contribution is 2.22. The first-order valence-corrected chi connectivity index (χ1v) is 3.89. The van der Waals surface area contributed by atoms with Crippen molar-refractivity contribution in [2.75, 3.05) is 0 Å². The first-order chi connectivity index (χ1) is 4.84. The van der Waals surface area contributed by atoms with Gasteiger partial charge in [-0.15, -0.1) is 11.3 Å². The molecule has 0 aromatic carbocycles. The molecular formula is C7H4ClNS. The van der Waals surface area contributed by atoms with E-state index in [0.717, 1.165) is 4.88 Å². The Hall–Kier alpha value is -0.780. The summed E-state index contributed by atoms with van der Waals surface area (Å²) < 4.78 is 0. The van der Waals surface area contributed by atoms with E-state index in [4.69, 9.17) is 16.9 Å². The smallest absolute Gasteiger partial charge is 0.0928 e. The van der Waals surface area contributed by atoms with Gasteiger partial charge in [0.2, 0.25) is 0 Å². The van der Waals surface area contributed by atoms with E-state index in [9.17, 15) is 0 Å². The monoisotopic (exact) mass is 169 g/mol. The zero-order chi connectivity index (χ0) is 7.40. The van der Waals surface area contributed by atoms with Crippen LogP contribution in [0.3, 0.4) is 0 Å². The molecule has 0 bridgehead atoms. The molecule has 0 aliphatic carbocycles. The summed E-state index contributed by atoms with van der Waals surface area (Å²) in [6.07, 6.45) is 1.33. The van der Waals surface area contributed by atoms with E-state index in [1.165, 1.54) is 17.4 Å². The van der Waals surface area contributed by atoms with E-state index in [1.807, 2.05) is 23.6 Å². The second-order valence-electron chi connectivity index (χ2n) is 1.60. The molecule has 0 radical (unpaired) electrons. The highest BCUT2D eigenvalue weighted by molar-refractivity contribution is 7.12. The summed E-state index contributed by atoms with van der Waals surface area (Å²) in [4.78, 5) is 0.934. The maximum atomic E-state index is 8.23. The fraction of sp³-hybridized carbons (Fsp3) is 0. The molecule has 0 amide bonds. The Morgan fingerprint density at radius 1 is 1.80 bits per heavy atom. The Labute approximate surface area is 68.2 Å². The molecule has 0 N–H and O–H groups in total. The van der Waals surface area contributed by atoms with Crippen molar-refractivity contribution in [3.8, 4) is 6.07 Å². The molecule has 0 saturated carbocycles. The summed E-state index contributed by atoms with van der Waals surface area (Å²) in [7, 11) is 0. The average molecular weight is 170 g/mol. The molecule has 0 aliphatic rings. The van der Waals surface area contributed by atoms with Gasteiger partial charge in [0.15, 0.2) is 0 Å². The van der Waals surface area contributed by atoms with Crippen molar-refractivity contribution in [1.29, 1.82) is 5.26 Å². The second kappa shape index (κ2) is 3.40. The fourth-order valence-electron chi connectivity index (χ4n) is 0.542. The highest BCUT2D eigenvalue weighted by Gasteiger charge is 1.95. The van der Waals surface area contributed by atoms with E-state index in [-0.39, 0.29) is 0 Å². The van der Waals surface area contributed by atoms with Crippen molar-refractivity contribution in [1.82, 2.24) is 0 Å². The van der Waals surface area contributed by atoms with Crippen molar-refractivity contribution in [2.24, 2.45) is 0 Å². The number of hydrogen-bond acceptors (Lipinski definition) is 2. The van der Waals surface area contributed by atoms with E-state index < -0.39 is 0 Å². The topological polar surface area (TPSA) is 23.8 Å². The molecule has 3 heteroatoms. The van der Waals surface area contributed by atoms with Crippen LogP contribution in [-0.4, -0.2) is 0 Å². The number of hydrogen-bond donors (Lipinski definition) is 0. The lowest BCUT2D eigenvalue weighted by Gasteiger charge is -1.85. The Balaban J connectivity index is 2.90. The quantitative estimate of drug-likeness (QED) is 0.593. The van der Waals surface area contributed by atoms with Crippen LogP contribution in [0.2, 0.25) is 0 Å². The highest BCUT2D eigenvalue weighted by atomic mass is 35.5. The van der Waals surface area contributed by atoms with Gasteiger partial charge >= 0.3 is 0 Å². The standard InChI is InChI=1S/C7H4ClNS/c8-6(3-4-9)7-2-1-5-10-7/h1-3,5H/b6-3+. The zero-order valence-electron chi connectivity index (χ0n) is 5.04. The third-order valence-corrected chi connectivity index (χ3v) is 2.28. The molecule has 1 rings (SSSR count). The van der Waals surface area contributed by atoms with Gasteiger partial charge in [-0.05, 0) is 11.4 Å². The minimum atomic E-state index is 0.512. The summed E-state index contributed by atoms with van der Waals surface area (Å²) in [6, 6.07) is 5.64. The van der Waals surface area contributed by atoms with Gasteiger partial charge in [-0.3, -0.25) is 0 Å². The van der Waals surface area contributed by atoms with Crippen LogP contribution in [0.15, 0.2) is 23.6 Å². The number of nitriles is 1. The minimum absolute atomic E-state index is 0.512. The van der Waals surface area contributed by atoms with Crippen LogP contribution in [0.4, 0.5) is 0 Å². The zero-order valence-corrected chi connectivity index (χ0v) is 6.62. The molecule has 1 heterocycles. The van der Waals surface area contributed by atoms with Crippen molar-refractivity contribution in [2.45, 2.75) is 0 Å². The molecule has 50 valence electrons. The maximum absolute atomic E-state index is 8.23. The molecule has 1 aromatic rings. The van der Waals surface area contributed by atoms with Gasteiger partial charge in [-0.2, -0.15) is 5.26 Å². The van der Waals surface area contributed by atoms with Crippen molar-refractivity contribution >= 4 is 28.0 Å². The average Bonchev–Trinajstić information content (AvgIpc) is 2.38. The Morgan fingerprint density at radius 2 is 2.60 bits per heavy atom. The Kier molecular flexibility index (Phi) is 2.49. The third-order valence-electron chi connectivity index (χ3n) is 0.948. The minimum Gasteiger partial charge on any atom is -0.193 e. The van der Waals surface area contributed by atoms with Crippen LogP contribution in [-0.2, 0) is 0 Å². The molecule has 1 aromatic heterocycles. The van der Waals surface area contributed by atoms with E-state index >= 15 is 0 Å². The lowest BCUT2D eigenvalue weighted by atomic mass is 10.4. The summed E-state index contributed by atoms with van der Waals surface area (Å²) in [6.45, 7) is 0. The number of nitrogens with zero attached hydrogens (tertiary/aromatic N) is 1. The first-order valence-electron chi connectivity index (χ1n) is 2.64. The summed E-state index contributed by atoms with van der Waals surface area (Å²) >= 11 is 7.22. The van der Waals surface area contributed by atoms with E-state index in [2.05, 4.69) is 0 Å². The van der Waals surface area contributed by atoms with Gasteiger partial charge in [0, 0.05) is 11.0 Å². The maximum Gasteiger partial charge on any atom is 0.0928 e. The number of allylic oxidation sites excluding steroid dienone is 1. The number of thiophene rings is 1. The van der Waals surface area contributed by atoms with Crippen molar-refractivity contribution in [3.05, 3.63) is 28.5 Å². The molecule has 0 saturated heterocycles. The Morgan fingerprint density at radius 3 is 3.10 bits per heavy atom. The van der Waals surface area contributed by atoms with Crippen LogP contribution >= 0.6 is 22.9 Å². The van der Waals surface area contributed by atoms with Gasteiger partial charge in [0.05, 0.1) is 11.1 Å². The molecule has 0 fully saturated rings. The van der Waals surface area contributed by atoms with E-state index in [0.29, 0.717) is 5.03 Å². The number of halogens is 1. The number of rotatable bonds is 1. The van der Waals surface area contributed by atoms with Crippen LogP contribution in [0.1, 0.15) is 4.88 Å². The van der Waals surface area contributed by atoms with Crippen LogP contribution in [0.25, 0.3) is 5.03 Å². The SMILES string of the molecule is N#C/C=C(/Cl)c1cccs1. The molecule has 0 unspecified atom stereocenters. The normalized spacial score (nSPS) is 11.0. The lowest BCUT2D eigenvalue weighted by molar-refractivity contribution is 1.54. The van der Waals surface area contributed by atoms with Crippen molar-refractivity contribution < 1.29 is 0 Å². The van der Waals surface area contributed by atoms with Gasteiger partial charge in [0.1, 0.15) is 0 Å². The second-order valence-corrected chi connectivity index (χ2v) is 2.95. The first kappa shape index (κ1) is 7.33. The Bertz CT molecular complexity index is 268. The van der Waals surface area contributed by atoms with Gasteiger partial charge < -0.3 is 0 Å². The summed E-state index contributed by atoms with van der Waals surface area (Å²) in [5, 5.41) is 10.7. The predicted octanol–water partition coefficient (Wildman–Crippen LogP) is 2.85. The summed E-state index contributed by atoms with van der Waals surface area (Å²) in [5.74, 6) is 0. The molecule has 10 heavy (non-hydrogen) atoms.